The Morgan fingerprint density at radius 1 is 1.32 bits per heavy atom. The molecule has 1 aliphatic rings. The van der Waals surface area contributed by atoms with Gasteiger partial charge in [-0.1, -0.05) is 30.4 Å². The van der Waals surface area contributed by atoms with Crippen molar-refractivity contribution >= 4 is 0 Å². The summed E-state index contributed by atoms with van der Waals surface area (Å²) in [6, 6.07) is 5.96. The maximum atomic E-state index is 5.89. The number of methoxy groups -OCH3 is 1. The van der Waals surface area contributed by atoms with Crippen LogP contribution in [0.25, 0.3) is 0 Å². The van der Waals surface area contributed by atoms with E-state index in [0.29, 0.717) is 13.2 Å². The number of para-hydroxylation sites is 1. The van der Waals surface area contributed by atoms with Gasteiger partial charge >= 0.3 is 0 Å². The van der Waals surface area contributed by atoms with Crippen LogP contribution in [0.5, 0.6) is 11.5 Å². The van der Waals surface area contributed by atoms with Crippen LogP contribution in [-0.2, 0) is 6.42 Å². The van der Waals surface area contributed by atoms with Gasteiger partial charge < -0.3 is 15.2 Å². The Kier molecular flexibility index (Phi) is 5.04. The quantitative estimate of drug-likeness (QED) is 0.854. The van der Waals surface area contributed by atoms with Gasteiger partial charge in [-0.3, -0.25) is 0 Å². The minimum Gasteiger partial charge on any atom is -0.493 e. The van der Waals surface area contributed by atoms with E-state index < -0.39 is 0 Å². The maximum absolute atomic E-state index is 5.89. The third kappa shape index (κ3) is 3.61. The summed E-state index contributed by atoms with van der Waals surface area (Å²) in [4.78, 5) is 0. The number of rotatable bonds is 6. The highest BCUT2D eigenvalue weighted by molar-refractivity contribution is 5.47. The second-order valence-electron chi connectivity index (χ2n) is 4.57. The second kappa shape index (κ2) is 7.00. The standard InChI is InChI=1S/C16H21NO2/c1-18-16-14(10-11-17)8-5-9-15(16)19-12-13-6-3-2-4-7-13/h2-3,5-6,8-9H,4,7,10-12,17H2,1H3. The van der Waals surface area contributed by atoms with Crippen molar-refractivity contribution in [1.29, 1.82) is 0 Å². The molecule has 2 N–H and O–H groups in total. The third-order valence-electron chi connectivity index (χ3n) is 3.19. The van der Waals surface area contributed by atoms with Crippen molar-refractivity contribution < 1.29 is 9.47 Å². The molecule has 102 valence electrons. The number of hydrogen-bond acceptors (Lipinski definition) is 3. The topological polar surface area (TPSA) is 44.5 Å². The lowest BCUT2D eigenvalue weighted by molar-refractivity contribution is 0.314. The van der Waals surface area contributed by atoms with Crippen LogP contribution in [0.3, 0.4) is 0 Å². The molecular formula is C16H21NO2. The molecule has 3 nitrogen and oxygen atoms in total. The van der Waals surface area contributed by atoms with Crippen LogP contribution in [-0.4, -0.2) is 20.3 Å². The zero-order chi connectivity index (χ0) is 13.5. The van der Waals surface area contributed by atoms with Crippen LogP contribution in [0.1, 0.15) is 18.4 Å². The molecule has 0 heterocycles. The van der Waals surface area contributed by atoms with Crippen molar-refractivity contribution in [3.8, 4) is 11.5 Å². The Labute approximate surface area is 114 Å². The monoisotopic (exact) mass is 259 g/mol. The molecule has 0 amide bonds. The normalized spacial score (nSPS) is 14.1. The fourth-order valence-corrected chi connectivity index (χ4v) is 2.20. The summed E-state index contributed by atoms with van der Waals surface area (Å²) >= 11 is 0. The summed E-state index contributed by atoms with van der Waals surface area (Å²) in [6.45, 7) is 1.22. The fraction of sp³-hybridized carbons (Fsp3) is 0.375. The van der Waals surface area contributed by atoms with Crippen molar-refractivity contribution in [2.75, 3.05) is 20.3 Å². The van der Waals surface area contributed by atoms with Crippen LogP contribution >= 0.6 is 0 Å². The van der Waals surface area contributed by atoms with Crippen molar-refractivity contribution in [3.63, 3.8) is 0 Å². The van der Waals surface area contributed by atoms with Gasteiger partial charge in [-0.15, -0.1) is 0 Å². The van der Waals surface area contributed by atoms with Crippen LogP contribution < -0.4 is 15.2 Å². The van der Waals surface area contributed by atoms with Gasteiger partial charge in [-0.25, -0.2) is 0 Å². The predicted molar refractivity (Wildman–Crippen MR) is 77.7 cm³/mol. The smallest absolute Gasteiger partial charge is 0.163 e. The molecular weight excluding hydrogens is 238 g/mol. The zero-order valence-corrected chi connectivity index (χ0v) is 11.4. The SMILES string of the molecule is COc1c(CCN)cccc1OCC1=CC=CCC1. The molecule has 0 saturated carbocycles. The highest BCUT2D eigenvalue weighted by Gasteiger charge is 2.10. The van der Waals surface area contributed by atoms with Crippen molar-refractivity contribution in [2.45, 2.75) is 19.3 Å². The molecule has 0 radical (unpaired) electrons. The first-order chi connectivity index (χ1) is 9.35. The number of hydrogen-bond donors (Lipinski definition) is 1. The Morgan fingerprint density at radius 3 is 2.89 bits per heavy atom. The first kappa shape index (κ1) is 13.7. The molecule has 2 rings (SSSR count). The number of ether oxygens (including phenoxy) is 2. The fourth-order valence-electron chi connectivity index (χ4n) is 2.20. The molecule has 0 aromatic heterocycles. The Balaban J connectivity index is 2.08. The summed E-state index contributed by atoms with van der Waals surface area (Å²) in [7, 11) is 1.67. The Hall–Kier alpha value is -1.74. The first-order valence-electron chi connectivity index (χ1n) is 6.68. The average molecular weight is 259 g/mol. The Bertz CT molecular complexity index is 478. The van der Waals surface area contributed by atoms with Gasteiger partial charge in [-0.05, 0) is 43.0 Å². The molecule has 19 heavy (non-hydrogen) atoms. The lowest BCUT2D eigenvalue weighted by Gasteiger charge is -2.15. The van der Waals surface area contributed by atoms with Gasteiger partial charge in [0.1, 0.15) is 6.61 Å². The van der Waals surface area contributed by atoms with E-state index in [1.807, 2.05) is 18.2 Å². The average Bonchev–Trinajstić information content (AvgIpc) is 2.46. The van der Waals surface area contributed by atoms with E-state index in [0.717, 1.165) is 36.3 Å². The molecule has 1 aromatic rings. The molecule has 0 unspecified atom stereocenters. The third-order valence-corrected chi connectivity index (χ3v) is 3.19. The van der Waals surface area contributed by atoms with Crippen molar-refractivity contribution in [1.82, 2.24) is 0 Å². The maximum Gasteiger partial charge on any atom is 0.163 e. The van der Waals surface area contributed by atoms with E-state index in [4.69, 9.17) is 15.2 Å². The highest BCUT2D eigenvalue weighted by Crippen LogP contribution is 2.31. The van der Waals surface area contributed by atoms with Gasteiger partial charge in [0.2, 0.25) is 0 Å². The van der Waals surface area contributed by atoms with Crippen LogP contribution in [0.15, 0.2) is 42.0 Å². The largest absolute Gasteiger partial charge is 0.493 e. The van der Waals surface area contributed by atoms with E-state index in [1.54, 1.807) is 7.11 Å². The van der Waals surface area contributed by atoms with Crippen LogP contribution in [0, 0.1) is 0 Å². The molecule has 0 spiro atoms. The first-order valence-corrected chi connectivity index (χ1v) is 6.68. The van der Waals surface area contributed by atoms with Crippen molar-refractivity contribution in [3.05, 3.63) is 47.6 Å². The van der Waals surface area contributed by atoms with Gasteiger partial charge in [-0.2, -0.15) is 0 Å². The summed E-state index contributed by atoms with van der Waals surface area (Å²) < 4.78 is 11.3. The number of allylic oxidation sites excluding steroid dienone is 3. The molecule has 0 saturated heterocycles. The molecule has 0 aliphatic heterocycles. The molecule has 1 aliphatic carbocycles. The predicted octanol–water partition coefficient (Wildman–Crippen LogP) is 2.85. The molecule has 3 heteroatoms. The van der Waals surface area contributed by atoms with E-state index in [2.05, 4.69) is 18.2 Å². The zero-order valence-electron chi connectivity index (χ0n) is 11.4. The molecule has 0 fully saturated rings. The molecule has 1 aromatic carbocycles. The minimum atomic E-state index is 0.607. The lowest BCUT2D eigenvalue weighted by atomic mass is 10.1. The van der Waals surface area contributed by atoms with Crippen molar-refractivity contribution in [2.24, 2.45) is 5.73 Å². The summed E-state index contributed by atoms with van der Waals surface area (Å²) in [5.74, 6) is 1.60. The number of nitrogens with two attached hydrogens (primary N) is 1. The van der Waals surface area contributed by atoms with Gasteiger partial charge in [0.25, 0.3) is 0 Å². The highest BCUT2D eigenvalue weighted by atomic mass is 16.5. The molecule has 0 bridgehead atoms. The lowest BCUT2D eigenvalue weighted by Crippen LogP contribution is -2.07. The summed E-state index contributed by atoms with van der Waals surface area (Å²) in [6.07, 6.45) is 9.35. The van der Waals surface area contributed by atoms with Gasteiger partial charge in [0.05, 0.1) is 7.11 Å². The van der Waals surface area contributed by atoms with E-state index in [9.17, 15) is 0 Å². The summed E-state index contributed by atoms with van der Waals surface area (Å²) in [5, 5.41) is 0. The Morgan fingerprint density at radius 2 is 2.21 bits per heavy atom. The van der Waals surface area contributed by atoms with E-state index >= 15 is 0 Å². The molecule has 0 atom stereocenters. The summed E-state index contributed by atoms with van der Waals surface area (Å²) in [5.41, 5.74) is 8.02. The van der Waals surface area contributed by atoms with Gasteiger partial charge in [0, 0.05) is 0 Å². The number of benzene rings is 1. The van der Waals surface area contributed by atoms with Gasteiger partial charge in [0.15, 0.2) is 11.5 Å². The second-order valence-corrected chi connectivity index (χ2v) is 4.57. The van der Waals surface area contributed by atoms with E-state index in [1.165, 1.54) is 5.57 Å². The van der Waals surface area contributed by atoms with Crippen LogP contribution in [0.4, 0.5) is 0 Å². The van der Waals surface area contributed by atoms with Crippen LogP contribution in [0.2, 0.25) is 0 Å². The minimum absolute atomic E-state index is 0.607. The van der Waals surface area contributed by atoms with E-state index in [-0.39, 0.29) is 0 Å².